The molecular formula is C24H32N2O4. The van der Waals surface area contributed by atoms with E-state index < -0.39 is 0 Å². The fraction of sp³-hybridized carbons (Fsp3) is 0.417. The van der Waals surface area contributed by atoms with Gasteiger partial charge in [0.15, 0.2) is 11.5 Å². The van der Waals surface area contributed by atoms with E-state index in [1.165, 1.54) is 5.56 Å². The summed E-state index contributed by atoms with van der Waals surface area (Å²) in [7, 11) is 3.19. The molecule has 6 nitrogen and oxygen atoms in total. The summed E-state index contributed by atoms with van der Waals surface area (Å²) in [6.07, 6.45) is 0.913. The van der Waals surface area contributed by atoms with Gasteiger partial charge in [-0.3, -0.25) is 9.59 Å². The molecule has 0 aliphatic carbocycles. The van der Waals surface area contributed by atoms with Crippen LogP contribution in [0.25, 0.3) is 0 Å². The first kappa shape index (κ1) is 23.3. The Morgan fingerprint density at radius 3 is 2.13 bits per heavy atom. The van der Waals surface area contributed by atoms with E-state index in [1.807, 2.05) is 42.5 Å². The van der Waals surface area contributed by atoms with Crippen molar-refractivity contribution in [1.82, 2.24) is 10.6 Å². The van der Waals surface area contributed by atoms with Gasteiger partial charge in [0.2, 0.25) is 5.91 Å². The van der Waals surface area contributed by atoms with Crippen molar-refractivity contribution in [2.45, 2.75) is 39.0 Å². The first-order chi connectivity index (χ1) is 14.2. The summed E-state index contributed by atoms with van der Waals surface area (Å²) >= 11 is 0. The Hall–Kier alpha value is -3.02. The maximum atomic E-state index is 12.2. The highest BCUT2D eigenvalue weighted by Crippen LogP contribution is 2.27. The van der Waals surface area contributed by atoms with Crippen LogP contribution in [0.3, 0.4) is 0 Å². The number of carbonyl (C=O) groups excluding carboxylic acids is 2. The van der Waals surface area contributed by atoms with Crippen molar-refractivity contribution in [2.75, 3.05) is 27.3 Å². The molecule has 2 rings (SSSR count). The number of hydrogen-bond donors (Lipinski definition) is 2. The van der Waals surface area contributed by atoms with Crippen molar-refractivity contribution < 1.29 is 19.1 Å². The van der Waals surface area contributed by atoms with Crippen molar-refractivity contribution >= 4 is 11.8 Å². The summed E-state index contributed by atoms with van der Waals surface area (Å²) in [5.41, 5.74) is 2.86. The highest BCUT2D eigenvalue weighted by molar-refractivity contribution is 5.94. The maximum absolute atomic E-state index is 12.2. The molecule has 2 amide bonds. The normalized spacial score (nSPS) is 11.0. The Bertz CT molecular complexity index is 854. The van der Waals surface area contributed by atoms with Crippen LogP contribution in [0.1, 0.15) is 48.7 Å². The van der Waals surface area contributed by atoms with Gasteiger partial charge in [0.05, 0.1) is 14.2 Å². The van der Waals surface area contributed by atoms with Crippen LogP contribution in [-0.4, -0.2) is 39.1 Å². The molecule has 0 unspecified atom stereocenters. The third-order valence-corrected chi connectivity index (χ3v) is 4.83. The minimum atomic E-state index is -0.173. The first-order valence-electron chi connectivity index (χ1n) is 10.1. The lowest BCUT2D eigenvalue weighted by molar-refractivity contribution is -0.120. The van der Waals surface area contributed by atoms with Crippen LogP contribution in [0.2, 0.25) is 0 Å². The van der Waals surface area contributed by atoms with Crippen LogP contribution >= 0.6 is 0 Å². The summed E-state index contributed by atoms with van der Waals surface area (Å²) in [6, 6.07) is 13.3. The molecule has 0 saturated heterocycles. The number of ether oxygens (including phenoxy) is 2. The Morgan fingerprint density at radius 2 is 1.53 bits per heavy atom. The predicted octanol–water partition coefficient (Wildman–Crippen LogP) is 3.48. The Morgan fingerprint density at radius 1 is 0.867 bits per heavy atom. The van der Waals surface area contributed by atoms with Crippen molar-refractivity contribution in [3.05, 3.63) is 59.2 Å². The molecule has 0 bridgehead atoms. The van der Waals surface area contributed by atoms with Gasteiger partial charge in [0, 0.05) is 25.1 Å². The highest BCUT2D eigenvalue weighted by Gasteiger charge is 2.14. The summed E-state index contributed by atoms with van der Waals surface area (Å²) in [5, 5.41) is 5.67. The van der Waals surface area contributed by atoms with E-state index in [9.17, 15) is 9.59 Å². The molecule has 30 heavy (non-hydrogen) atoms. The second-order valence-electron chi connectivity index (χ2n) is 8.12. The number of nitrogens with one attached hydrogen (secondary N) is 2. The third-order valence-electron chi connectivity index (χ3n) is 4.83. The van der Waals surface area contributed by atoms with Gasteiger partial charge in [-0.2, -0.15) is 0 Å². The largest absolute Gasteiger partial charge is 0.493 e. The van der Waals surface area contributed by atoms with Crippen LogP contribution in [0, 0.1) is 0 Å². The van der Waals surface area contributed by atoms with Crippen molar-refractivity contribution in [3.63, 3.8) is 0 Å². The molecule has 0 spiro atoms. The fourth-order valence-electron chi connectivity index (χ4n) is 2.98. The number of hydrogen-bond acceptors (Lipinski definition) is 4. The van der Waals surface area contributed by atoms with E-state index in [0.717, 1.165) is 5.56 Å². The zero-order valence-electron chi connectivity index (χ0n) is 18.5. The van der Waals surface area contributed by atoms with E-state index in [-0.39, 0.29) is 23.7 Å². The van der Waals surface area contributed by atoms with Crippen LogP contribution in [0.5, 0.6) is 11.5 Å². The smallest absolute Gasteiger partial charge is 0.251 e. The molecule has 162 valence electrons. The molecule has 2 aromatic carbocycles. The molecule has 0 aliphatic heterocycles. The van der Waals surface area contributed by atoms with Crippen LogP contribution in [0.4, 0.5) is 0 Å². The third kappa shape index (κ3) is 6.79. The van der Waals surface area contributed by atoms with E-state index in [0.29, 0.717) is 36.6 Å². The van der Waals surface area contributed by atoms with Gasteiger partial charge in [0.25, 0.3) is 5.91 Å². The molecule has 0 radical (unpaired) electrons. The van der Waals surface area contributed by atoms with Crippen molar-refractivity contribution in [2.24, 2.45) is 0 Å². The van der Waals surface area contributed by atoms with E-state index in [2.05, 4.69) is 31.4 Å². The monoisotopic (exact) mass is 412 g/mol. The molecule has 0 heterocycles. The standard InChI is InChI=1S/C24H32N2O4/c1-24(2,3)19-9-7-18(8-10-19)23(28)26-15-13-22(27)25-14-12-17-6-11-20(29-4)21(16-17)30-5/h6-11,16H,12-15H2,1-5H3,(H,25,27)(H,26,28). The summed E-state index contributed by atoms with van der Waals surface area (Å²) < 4.78 is 10.5. The summed E-state index contributed by atoms with van der Waals surface area (Å²) in [4.78, 5) is 24.3. The van der Waals surface area contributed by atoms with Crippen molar-refractivity contribution in [1.29, 1.82) is 0 Å². The highest BCUT2D eigenvalue weighted by atomic mass is 16.5. The van der Waals surface area contributed by atoms with Gasteiger partial charge in [-0.05, 0) is 47.2 Å². The zero-order valence-corrected chi connectivity index (χ0v) is 18.5. The van der Waals surface area contributed by atoms with Crippen LogP contribution in [0.15, 0.2) is 42.5 Å². The Kier molecular flexibility index (Phi) is 8.27. The van der Waals surface area contributed by atoms with Crippen LogP contribution < -0.4 is 20.1 Å². The number of rotatable bonds is 9. The fourth-order valence-corrected chi connectivity index (χ4v) is 2.98. The zero-order chi connectivity index (χ0) is 22.1. The number of amides is 2. The van der Waals surface area contributed by atoms with Gasteiger partial charge < -0.3 is 20.1 Å². The van der Waals surface area contributed by atoms with Crippen LogP contribution in [-0.2, 0) is 16.6 Å². The molecule has 0 fully saturated rings. The minimum Gasteiger partial charge on any atom is -0.493 e. The molecule has 6 heteroatoms. The number of methoxy groups -OCH3 is 2. The topological polar surface area (TPSA) is 76.7 Å². The molecule has 2 N–H and O–H groups in total. The molecule has 0 aliphatic rings. The first-order valence-corrected chi connectivity index (χ1v) is 10.1. The van der Waals surface area contributed by atoms with Gasteiger partial charge in [-0.1, -0.05) is 39.0 Å². The number of benzene rings is 2. The lowest BCUT2D eigenvalue weighted by atomic mass is 9.87. The van der Waals surface area contributed by atoms with E-state index >= 15 is 0 Å². The van der Waals surface area contributed by atoms with E-state index in [1.54, 1.807) is 14.2 Å². The Labute approximate surface area is 179 Å². The lowest BCUT2D eigenvalue weighted by Gasteiger charge is -2.19. The second kappa shape index (κ2) is 10.7. The molecule has 0 aromatic heterocycles. The molecule has 0 atom stereocenters. The number of carbonyl (C=O) groups is 2. The van der Waals surface area contributed by atoms with Gasteiger partial charge >= 0.3 is 0 Å². The molecule has 0 saturated carbocycles. The lowest BCUT2D eigenvalue weighted by Crippen LogP contribution is -2.31. The second-order valence-corrected chi connectivity index (χ2v) is 8.12. The van der Waals surface area contributed by atoms with Gasteiger partial charge in [-0.25, -0.2) is 0 Å². The quantitative estimate of drug-likeness (QED) is 0.661. The predicted molar refractivity (Wildman–Crippen MR) is 118 cm³/mol. The average Bonchev–Trinajstić information content (AvgIpc) is 2.73. The van der Waals surface area contributed by atoms with Gasteiger partial charge in [-0.15, -0.1) is 0 Å². The van der Waals surface area contributed by atoms with E-state index in [4.69, 9.17) is 9.47 Å². The molecule has 2 aromatic rings. The SMILES string of the molecule is COc1ccc(CCNC(=O)CCNC(=O)c2ccc(C(C)(C)C)cc2)cc1OC. The maximum Gasteiger partial charge on any atom is 0.251 e. The summed E-state index contributed by atoms with van der Waals surface area (Å²) in [6.45, 7) is 7.20. The summed E-state index contributed by atoms with van der Waals surface area (Å²) in [5.74, 6) is 1.07. The average molecular weight is 413 g/mol. The molecular weight excluding hydrogens is 380 g/mol. The van der Waals surface area contributed by atoms with Crippen molar-refractivity contribution in [3.8, 4) is 11.5 Å². The Balaban J connectivity index is 1.71. The van der Waals surface area contributed by atoms with Gasteiger partial charge in [0.1, 0.15) is 0 Å². The minimum absolute atomic E-state index is 0.0457.